The summed E-state index contributed by atoms with van der Waals surface area (Å²) in [6, 6.07) is 16.0. The zero-order valence-electron chi connectivity index (χ0n) is 17.8. The Bertz CT molecular complexity index is 920. The van der Waals surface area contributed by atoms with Crippen LogP contribution in [0, 0.1) is 0 Å². The van der Waals surface area contributed by atoms with Gasteiger partial charge in [-0.3, -0.25) is 0 Å². The Labute approximate surface area is 164 Å². The maximum atomic E-state index is 2.44. The van der Waals surface area contributed by atoms with E-state index in [2.05, 4.69) is 107 Å². The van der Waals surface area contributed by atoms with Crippen LogP contribution in [0.2, 0.25) is 0 Å². The molecule has 0 saturated carbocycles. The minimum atomic E-state index is 0.0661. The molecule has 2 aliphatic rings. The van der Waals surface area contributed by atoms with Crippen LogP contribution in [0.15, 0.2) is 48.0 Å². The van der Waals surface area contributed by atoms with Gasteiger partial charge in [0, 0.05) is 36.9 Å². The number of hydrogen-bond donors (Lipinski definition) is 0. The van der Waals surface area contributed by atoms with Gasteiger partial charge in [0.2, 0.25) is 0 Å². The third-order valence-electron chi connectivity index (χ3n) is 7.28. The van der Waals surface area contributed by atoms with Gasteiger partial charge >= 0.3 is 0 Å². The van der Waals surface area contributed by atoms with E-state index in [1.165, 1.54) is 33.6 Å². The molecule has 2 aromatic rings. The van der Waals surface area contributed by atoms with E-state index in [-0.39, 0.29) is 11.1 Å². The van der Waals surface area contributed by atoms with Gasteiger partial charge in [0.05, 0.1) is 5.54 Å². The molecule has 2 aromatic carbocycles. The summed E-state index contributed by atoms with van der Waals surface area (Å²) in [5, 5.41) is 0. The molecule has 0 amide bonds. The Morgan fingerprint density at radius 3 is 2.33 bits per heavy atom. The molecular weight excluding hydrogens is 328 g/mol. The number of para-hydroxylation sites is 1. The van der Waals surface area contributed by atoms with E-state index < -0.39 is 0 Å². The Hall–Kier alpha value is -2.22. The number of benzene rings is 2. The average molecular weight is 361 g/mol. The van der Waals surface area contributed by atoms with Crippen molar-refractivity contribution in [1.82, 2.24) is 0 Å². The summed E-state index contributed by atoms with van der Waals surface area (Å²) in [7, 11) is 4.44. The fourth-order valence-corrected chi connectivity index (χ4v) is 4.64. The van der Waals surface area contributed by atoms with Gasteiger partial charge < -0.3 is 9.80 Å². The highest BCUT2D eigenvalue weighted by molar-refractivity contribution is 5.76. The van der Waals surface area contributed by atoms with Crippen LogP contribution in [0.5, 0.6) is 0 Å². The van der Waals surface area contributed by atoms with E-state index in [4.69, 9.17) is 0 Å². The Balaban J connectivity index is 1.83. The lowest BCUT2D eigenvalue weighted by Gasteiger charge is -2.46. The molecule has 27 heavy (non-hydrogen) atoms. The van der Waals surface area contributed by atoms with Crippen molar-refractivity contribution in [3.63, 3.8) is 0 Å². The third-order valence-corrected chi connectivity index (χ3v) is 7.28. The highest BCUT2D eigenvalue weighted by Crippen LogP contribution is 2.47. The highest BCUT2D eigenvalue weighted by atomic mass is 15.2. The minimum absolute atomic E-state index is 0.0661. The molecule has 0 fully saturated rings. The Kier molecular flexibility index (Phi) is 3.96. The fraction of sp³-hybridized carbons (Fsp3) is 0.440. The van der Waals surface area contributed by atoms with Gasteiger partial charge in [0.1, 0.15) is 0 Å². The van der Waals surface area contributed by atoms with E-state index in [1.54, 1.807) is 0 Å². The predicted molar refractivity (Wildman–Crippen MR) is 118 cm³/mol. The summed E-state index contributed by atoms with van der Waals surface area (Å²) in [5.41, 5.74) is 8.54. The lowest BCUT2D eigenvalue weighted by Crippen LogP contribution is -2.46. The summed E-state index contributed by atoms with van der Waals surface area (Å²) < 4.78 is 0. The second-order valence-corrected chi connectivity index (χ2v) is 9.45. The molecule has 1 unspecified atom stereocenters. The van der Waals surface area contributed by atoms with Crippen molar-refractivity contribution >= 4 is 17.5 Å². The number of fused-ring (bicyclic) bond motifs is 2. The first-order chi connectivity index (χ1) is 12.6. The van der Waals surface area contributed by atoms with Crippen LogP contribution < -0.4 is 9.80 Å². The Morgan fingerprint density at radius 1 is 0.889 bits per heavy atom. The summed E-state index contributed by atoms with van der Waals surface area (Å²) in [4.78, 5) is 4.85. The maximum Gasteiger partial charge on any atom is 0.0555 e. The number of nitrogens with zero attached hydrogens (tertiary/aromatic N) is 2. The molecule has 0 radical (unpaired) electrons. The largest absolute Gasteiger partial charge is 0.369 e. The van der Waals surface area contributed by atoms with Crippen molar-refractivity contribution < 1.29 is 0 Å². The molecule has 2 heterocycles. The summed E-state index contributed by atoms with van der Waals surface area (Å²) in [6.45, 7) is 11.6. The van der Waals surface area contributed by atoms with Crippen LogP contribution in [-0.4, -0.2) is 25.2 Å². The lowest BCUT2D eigenvalue weighted by atomic mass is 9.75. The molecule has 0 bridgehead atoms. The molecule has 142 valence electrons. The van der Waals surface area contributed by atoms with Crippen LogP contribution in [-0.2, 0) is 0 Å². The molecule has 0 N–H and O–H groups in total. The second kappa shape index (κ2) is 5.89. The molecule has 0 aliphatic carbocycles. The van der Waals surface area contributed by atoms with Crippen molar-refractivity contribution in [3.8, 4) is 0 Å². The van der Waals surface area contributed by atoms with E-state index in [0.29, 0.717) is 5.92 Å². The smallest absolute Gasteiger partial charge is 0.0555 e. The first-order valence-electron chi connectivity index (χ1n) is 10.0. The van der Waals surface area contributed by atoms with E-state index in [1.807, 2.05) is 0 Å². The summed E-state index contributed by atoms with van der Waals surface area (Å²) >= 11 is 0. The number of anilines is 2. The standard InChI is InChI=1S/C25H32N2/c1-17-14-19-15-18(12-13-22(19)27(7)25(17,4)5)21-16-24(2,3)26(6)23-11-9-8-10-20(21)23/h8-15,21H,16H2,1-7H3. The van der Waals surface area contributed by atoms with Gasteiger partial charge in [-0.1, -0.05) is 30.3 Å². The minimum Gasteiger partial charge on any atom is -0.369 e. The predicted octanol–water partition coefficient (Wildman–Crippen LogP) is 6.07. The molecule has 0 aromatic heterocycles. The monoisotopic (exact) mass is 360 g/mol. The van der Waals surface area contributed by atoms with Gasteiger partial charge in [0.25, 0.3) is 0 Å². The van der Waals surface area contributed by atoms with Gasteiger partial charge in [-0.25, -0.2) is 0 Å². The molecule has 0 spiro atoms. The first-order valence-corrected chi connectivity index (χ1v) is 10.0. The third kappa shape index (κ3) is 2.69. The second-order valence-electron chi connectivity index (χ2n) is 9.45. The van der Waals surface area contributed by atoms with E-state index in [0.717, 1.165) is 6.42 Å². The molecule has 2 nitrogen and oxygen atoms in total. The Morgan fingerprint density at radius 2 is 1.59 bits per heavy atom. The summed E-state index contributed by atoms with van der Waals surface area (Å²) in [6.07, 6.45) is 3.51. The molecule has 2 heteroatoms. The molecule has 2 aliphatic heterocycles. The molecule has 1 atom stereocenters. The SMILES string of the molecule is CC1=Cc2cc(C3CC(C)(C)N(C)c4ccccc43)ccc2N(C)C1(C)C. The van der Waals surface area contributed by atoms with Crippen molar-refractivity contribution in [2.75, 3.05) is 23.9 Å². The molecule has 4 rings (SSSR count). The van der Waals surface area contributed by atoms with Gasteiger partial charge in [-0.2, -0.15) is 0 Å². The summed E-state index contributed by atoms with van der Waals surface area (Å²) in [5.74, 6) is 0.437. The average Bonchev–Trinajstić information content (AvgIpc) is 2.63. The zero-order valence-corrected chi connectivity index (χ0v) is 17.8. The van der Waals surface area contributed by atoms with Gasteiger partial charge in [-0.05, 0) is 81.5 Å². The van der Waals surface area contributed by atoms with Crippen LogP contribution in [0.3, 0.4) is 0 Å². The van der Waals surface area contributed by atoms with Crippen LogP contribution in [0.1, 0.15) is 63.6 Å². The van der Waals surface area contributed by atoms with E-state index >= 15 is 0 Å². The van der Waals surface area contributed by atoms with Crippen molar-refractivity contribution in [2.24, 2.45) is 0 Å². The normalized spacial score (nSPS) is 22.8. The zero-order chi connectivity index (χ0) is 19.6. The first kappa shape index (κ1) is 18.2. The fourth-order valence-electron chi connectivity index (χ4n) is 4.64. The van der Waals surface area contributed by atoms with Crippen LogP contribution >= 0.6 is 0 Å². The van der Waals surface area contributed by atoms with E-state index in [9.17, 15) is 0 Å². The van der Waals surface area contributed by atoms with Gasteiger partial charge in [0.15, 0.2) is 0 Å². The van der Waals surface area contributed by atoms with Crippen molar-refractivity contribution in [2.45, 2.75) is 58.0 Å². The lowest BCUT2D eigenvalue weighted by molar-refractivity contribution is 0.406. The van der Waals surface area contributed by atoms with Crippen LogP contribution in [0.25, 0.3) is 6.08 Å². The van der Waals surface area contributed by atoms with Crippen molar-refractivity contribution in [3.05, 3.63) is 64.7 Å². The quantitative estimate of drug-likeness (QED) is 0.609. The highest BCUT2D eigenvalue weighted by Gasteiger charge is 2.37. The molecular formula is C25H32N2. The maximum absolute atomic E-state index is 2.44. The topological polar surface area (TPSA) is 6.48 Å². The molecule has 0 saturated heterocycles. The number of rotatable bonds is 1. The van der Waals surface area contributed by atoms with Gasteiger partial charge in [-0.15, -0.1) is 0 Å². The number of likely N-dealkylation sites (N-methyl/N-ethyl adjacent to an activating group) is 1. The van der Waals surface area contributed by atoms with Crippen molar-refractivity contribution in [1.29, 1.82) is 0 Å². The number of hydrogen-bond acceptors (Lipinski definition) is 2. The van der Waals surface area contributed by atoms with Crippen LogP contribution in [0.4, 0.5) is 11.4 Å².